The van der Waals surface area contributed by atoms with Gasteiger partial charge in [0.1, 0.15) is 5.01 Å². The number of aryl methyl sites for hydroxylation is 1. The maximum atomic E-state index is 4.57. The topological polar surface area (TPSA) is 55.6 Å². The van der Waals surface area contributed by atoms with Crippen molar-refractivity contribution in [2.45, 2.75) is 6.54 Å². The van der Waals surface area contributed by atoms with Gasteiger partial charge in [0.15, 0.2) is 0 Å². The summed E-state index contributed by atoms with van der Waals surface area (Å²) in [5, 5.41) is 10.4. The molecule has 0 aliphatic carbocycles. The number of hydrogen-bond donors (Lipinski definition) is 1. The lowest BCUT2D eigenvalue weighted by molar-refractivity contribution is 0.768. The molecule has 0 spiro atoms. The Kier molecular flexibility index (Phi) is 3.24. The Balaban J connectivity index is 1.68. The smallest absolute Gasteiger partial charge is 0.142 e. The molecule has 0 fully saturated rings. The Bertz CT molecular complexity index is 658. The number of hydrogen-bond acceptors (Lipinski definition) is 5. The monoisotopic (exact) mass is 271 g/mol. The molecule has 0 saturated heterocycles. The molecule has 0 atom stereocenters. The zero-order valence-electron chi connectivity index (χ0n) is 10.4. The summed E-state index contributed by atoms with van der Waals surface area (Å²) in [5.74, 6) is 0. The van der Waals surface area contributed by atoms with E-state index in [4.69, 9.17) is 0 Å². The molecule has 0 unspecified atom stereocenters. The van der Waals surface area contributed by atoms with Crippen LogP contribution in [0.2, 0.25) is 0 Å². The summed E-state index contributed by atoms with van der Waals surface area (Å²) >= 11 is 1.61. The van der Waals surface area contributed by atoms with Gasteiger partial charge in [0.05, 0.1) is 29.8 Å². The van der Waals surface area contributed by atoms with Crippen LogP contribution in [0.1, 0.15) is 5.69 Å². The summed E-state index contributed by atoms with van der Waals surface area (Å²) in [6.07, 6.45) is 5.52. The second-order valence-corrected chi connectivity index (χ2v) is 4.97. The van der Waals surface area contributed by atoms with Crippen LogP contribution in [0.5, 0.6) is 0 Å². The van der Waals surface area contributed by atoms with Gasteiger partial charge in [0.2, 0.25) is 0 Å². The molecule has 0 aromatic carbocycles. The van der Waals surface area contributed by atoms with E-state index in [0.717, 1.165) is 22.1 Å². The zero-order valence-corrected chi connectivity index (χ0v) is 11.3. The molecule has 0 bridgehead atoms. The minimum Gasteiger partial charge on any atom is -0.377 e. The van der Waals surface area contributed by atoms with Crippen LogP contribution in [-0.4, -0.2) is 19.7 Å². The van der Waals surface area contributed by atoms with E-state index in [2.05, 4.69) is 20.4 Å². The zero-order chi connectivity index (χ0) is 13.1. The third-order valence-electron chi connectivity index (χ3n) is 2.61. The Labute approximate surface area is 115 Å². The lowest BCUT2D eigenvalue weighted by Gasteiger charge is -1.99. The van der Waals surface area contributed by atoms with Crippen LogP contribution >= 0.6 is 11.3 Å². The van der Waals surface area contributed by atoms with E-state index in [1.807, 2.05) is 36.8 Å². The minimum atomic E-state index is 0.690. The molecule has 96 valence electrons. The van der Waals surface area contributed by atoms with Crippen molar-refractivity contribution in [1.82, 2.24) is 19.7 Å². The predicted molar refractivity (Wildman–Crippen MR) is 75.9 cm³/mol. The van der Waals surface area contributed by atoms with E-state index in [1.165, 1.54) is 0 Å². The molecule has 3 rings (SSSR count). The fourth-order valence-corrected chi connectivity index (χ4v) is 2.50. The van der Waals surface area contributed by atoms with Crippen molar-refractivity contribution in [3.05, 3.63) is 47.9 Å². The standard InChI is InChI=1S/C13H13N5S/c1-18-8-10(7-16-18)15-6-11-9-19-13(17-11)12-4-2-3-5-14-12/h2-5,7-9,15H,6H2,1H3. The Morgan fingerprint density at radius 1 is 1.37 bits per heavy atom. The highest BCUT2D eigenvalue weighted by Gasteiger charge is 2.05. The Hall–Kier alpha value is -2.21. The van der Waals surface area contributed by atoms with Crippen LogP contribution in [0.3, 0.4) is 0 Å². The van der Waals surface area contributed by atoms with Crippen LogP contribution < -0.4 is 5.32 Å². The van der Waals surface area contributed by atoms with Crippen molar-refractivity contribution in [2.24, 2.45) is 7.05 Å². The van der Waals surface area contributed by atoms with Crippen molar-refractivity contribution in [3.8, 4) is 10.7 Å². The number of nitrogens with zero attached hydrogens (tertiary/aromatic N) is 4. The first-order chi connectivity index (χ1) is 9.31. The van der Waals surface area contributed by atoms with Crippen molar-refractivity contribution in [1.29, 1.82) is 0 Å². The molecular formula is C13H13N5S. The maximum absolute atomic E-state index is 4.57. The van der Waals surface area contributed by atoms with Crippen molar-refractivity contribution < 1.29 is 0 Å². The summed E-state index contributed by atoms with van der Waals surface area (Å²) in [4.78, 5) is 8.87. The van der Waals surface area contributed by atoms with Gasteiger partial charge in [-0.05, 0) is 12.1 Å². The van der Waals surface area contributed by atoms with E-state index in [9.17, 15) is 0 Å². The number of pyridine rings is 1. The average Bonchev–Trinajstić information content (AvgIpc) is 3.06. The van der Waals surface area contributed by atoms with Crippen LogP contribution in [0.15, 0.2) is 42.2 Å². The molecule has 0 aliphatic heterocycles. The maximum Gasteiger partial charge on any atom is 0.142 e. The molecule has 1 N–H and O–H groups in total. The van der Waals surface area contributed by atoms with Crippen molar-refractivity contribution in [2.75, 3.05) is 5.32 Å². The quantitative estimate of drug-likeness (QED) is 0.792. The second kappa shape index (κ2) is 5.19. The van der Waals surface area contributed by atoms with Crippen LogP contribution in [0.25, 0.3) is 10.7 Å². The molecule has 0 radical (unpaired) electrons. The fraction of sp³-hybridized carbons (Fsp3) is 0.154. The van der Waals surface area contributed by atoms with Gasteiger partial charge >= 0.3 is 0 Å². The van der Waals surface area contributed by atoms with E-state index in [1.54, 1.807) is 28.4 Å². The second-order valence-electron chi connectivity index (χ2n) is 4.12. The van der Waals surface area contributed by atoms with E-state index >= 15 is 0 Å². The lowest BCUT2D eigenvalue weighted by Crippen LogP contribution is -1.98. The number of nitrogens with one attached hydrogen (secondary N) is 1. The molecule has 3 aromatic rings. The van der Waals surface area contributed by atoms with E-state index in [-0.39, 0.29) is 0 Å². The molecule has 0 saturated carbocycles. The molecule has 0 amide bonds. The van der Waals surface area contributed by atoms with Crippen LogP contribution in [0.4, 0.5) is 5.69 Å². The molecule has 6 heteroatoms. The van der Waals surface area contributed by atoms with E-state index in [0.29, 0.717) is 6.54 Å². The molecular weight excluding hydrogens is 258 g/mol. The summed E-state index contributed by atoms with van der Waals surface area (Å²) in [7, 11) is 1.90. The Morgan fingerprint density at radius 3 is 3.05 bits per heavy atom. The predicted octanol–water partition coefficient (Wildman–Crippen LogP) is 2.55. The first-order valence-electron chi connectivity index (χ1n) is 5.89. The Morgan fingerprint density at radius 2 is 2.32 bits per heavy atom. The normalized spacial score (nSPS) is 10.6. The third kappa shape index (κ3) is 2.79. The highest BCUT2D eigenvalue weighted by molar-refractivity contribution is 7.13. The molecule has 19 heavy (non-hydrogen) atoms. The third-order valence-corrected chi connectivity index (χ3v) is 3.53. The number of rotatable bonds is 4. The molecule has 3 aromatic heterocycles. The van der Waals surface area contributed by atoms with Gasteiger partial charge in [-0.3, -0.25) is 9.67 Å². The largest absolute Gasteiger partial charge is 0.377 e. The van der Waals surface area contributed by atoms with E-state index < -0.39 is 0 Å². The first kappa shape index (κ1) is 11.9. The fourth-order valence-electron chi connectivity index (χ4n) is 1.70. The van der Waals surface area contributed by atoms with Gasteiger partial charge in [0.25, 0.3) is 0 Å². The van der Waals surface area contributed by atoms with Gasteiger partial charge in [-0.2, -0.15) is 5.10 Å². The highest BCUT2D eigenvalue weighted by atomic mass is 32.1. The SMILES string of the molecule is Cn1cc(NCc2csc(-c3ccccn3)n2)cn1. The van der Waals surface area contributed by atoms with Crippen molar-refractivity contribution in [3.63, 3.8) is 0 Å². The van der Waals surface area contributed by atoms with Gasteiger partial charge in [-0.1, -0.05) is 6.07 Å². The molecule has 0 aliphatic rings. The number of thiazole rings is 1. The number of anilines is 1. The van der Waals surface area contributed by atoms with Gasteiger partial charge in [0, 0.05) is 24.8 Å². The highest BCUT2D eigenvalue weighted by Crippen LogP contribution is 2.21. The van der Waals surface area contributed by atoms with Gasteiger partial charge in [-0.15, -0.1) is 11.3 Å². The number of aromatic nitrogens is 4. The minimum absolute atomic E-state index is 0.690. The van der Waals surface area contributed by atoms with Crippen molar-refractivity contribution >= 4 is 17.0 Å². The summed E-state index contributed by atoms with van der Waals surface area (Å²) in [5.41, 5.74) is 2.92. The molecule has 3 heterocycles. The summed E-state index contributed by atoms with van der Waals surface area (Å²) in [6.45, 7) is 0.690. The summed E-state index contributed by atoms with van der Waals surface area (Å²) in [6, 6.07) is 5.84. The lowest BCUT2D eigenvalue weighted by atomic mass is 10.3. The average molecular weight is 271 g/mol. The van der Waals surface area contributed by atoms with Crippen LogP contribution in [-0.2, 0) is 13.6 Å². The molecule has 5 nitrogen and oxygen atoms in total. The van der Waals surface area contributed by atoms with Gasteiger partial charge in [-0.25, -0.2) is 4.98 Å². The first-order valence-corrected chi connectivity index (χ1v) is 6.77. The van der Waals surface area contributed by atoms with Crippen LogP contribution in [0, 0.1) is 0 Å². The van der Waals surface area contributed by atoms with Gasteiger partial charge < -0.3 is 5.32 Å². The summed E-state index contributed by atoms with van der Waals surface area (Å²) < 4.78 is 1.77.